The second-order valence-corrected chi connectivity index (χ2v) is 3.42. The van der Waals surface area contributed by atoms with Gasteiger partial charge in [-0.05, 0) is 32.7 Å². The van der Waals surface area contributed by atoms with Gasteiger partial charge in [0.2, 0.25) is 0 Å². The quantitative estimate of drug-likeness (QED) is 0.589. The molecule has 4 heteroatoms. The summed E-state index contributed by atoms with van der Waals surface area (Å²) in [5.74, 6) is 0. The number of hydrogen-bond donors (Lipinski definition) is 1. The average Bonchev–Trinajstić information content (AvgIpc) is 2.11. The summed E-state index contributed by atoms with van der Waals surface area (Å²) in [5.41, 5.74) is 0. The molecule has 0 saturated carbocycles. The first-order valence-corrected chi connectivity index (χ1v) is 5.26. The molecule has 0 aromatic heterocycles. The van der Waals surface area contributed by atoms with Crippen LogP contribution in [0.3, 0.4) is 0 Å². The molecule has 86 valence electrons. The first-order chi connectivity index (χ1) is 6.66. The molecule has 0 aliphatic rings. The second-order valence-electron chi connectivity index (χ2n) is 3.42. The van der Waals surface area contributed by atoms with E-state index in [-0.39, 0.29) is 0 Å². The van der Waals surface area contributed by atoms with Crippen LogP contribution in [0.15, 0.2) is 0 Å². The summed E-state index contributed by atoms with van der Waals surface area (Å²) in [6.45, 7) is 5.20. The van der Waals surface area contributed by atoms with Crippen molar-refractivity contribution in [1.82, 2.24) is 5.32 Å². The summed E-state index contributed by atoms with van der Waals surface area (Å²) < 4.78 is 28.0. The molecule has 14 heavy (non-hydrogen) atoms. The Kier molecular flexibility index (Phi) is 9.19. The van der Waals surface area contributed by atoms with Crippen molar-refractivity contribution < 1.29 is 13.5 Å². The maximum atomic E-state index is 11.6. The molecular formula is C10H21F2NO. The zero-order valence-corrected chi connectivity index (χ0v) is 9.06. The second kappa shape index (κ2) is 9.34. The standard InChI is InChI=1S/C10H21F2NO/c1-3-13-9(2)6-4-5-7-14-8-10(11)12/h9-10,13H,3-8H2,1-2H3. The van der Waals surface area contributed by atoms with Gasteiger partial charge in [0.1, 0.15) is 6.61 Å². The summed E-state index contributed by atoms with van der Waals surface area (Å²) in [6.07, 6.45) is 0.627. The van der Waals surface area contributed by atoms with Crippen molar-refractivity contribution in [3.63, 3.8) is 0 Å². The average molecular weight is 209 g/mol. The van der Waals surface area contributed by atoms with Crippen LogP contribution in [-0.2, 0) is 4.74 Å². The third kappa shape index (κ3) is 9.86. The van der Waals surface area contributed by atoms with Gasteiger partial charge in [-0.25, -0.2) is 8.78 Å². The Morgan fingerprint density at radius 3 is 2.57 bits per heavy atom. The van der Waals surface area contributed by atoms with Crippen LogP contribution < -0.4 is 5.32 Å². The molecule has 0 radical (unpaired) electrons. The summed E-state index contributed by atoms with van der Waals surface area (Å²) in [6, 6.07) is 0.509. The van der Waals surface area contributed by atoms with Crippen molar-refractivity contribution in [1.29, 1.82) is 0 Å². The highest BCUT2D eigenvalue weighted by atomic mass is 19.3. The topological polar surface area (TPSA) is 21.3 Å². The summed E-state index contributed by atoms with van der Waals surface area (Å²) in [7, 11) is 0. The van der Waals surface area contributed by atoms with Gasteiger partial charge in [-0.2, -0.15) is 0 Å². The number of hydrogen-bond acceptors (Lipinski definition) is 2. The highest BCUT2D eigenvalue weighted by Gasteiger charge is 2.02. The van der Waals surface area contributed by atoms with Gasteiger partial charge in [0.05, 0.1) is 0 Å². The van der Waals surface area contributed by atoms with Gasteiger partial charge >= 0.3 is 0 Å². The molecule has 0 rings (SSSR count). The van der Waals surface area contributed by atoms with Gasteiger partial charge in [-0.1, -0.05) is 6.92 Å². The lowest BCUT2D eigenvalue weighted by atomic mass is 10.1. The molecule has 1 atom stereocenters. The van der Waals surface area contributed by atoms with E-state index < -0.39 is 13.0 Å². The molecule has 0 aliphatic heterocycles. The minimum Gasteiger partial charge on any atom is -0.376 e. The predicted octanol–water partition coefficient (Wildman–Crippen LogP) is 2.44. The Morgan fingerprint density at radius 1 is 1.29 bits per heavy atom. The predicted molar refractivity (Wildman–Crippen MR) is 53.8 cm³/mol. The fourth-order valence-electron chi connectivity index (χ4n) is 1.28. The van der Waals surface area contributed by atoms with E-state index in [0.29, 0.717) is 12.6 Å². The zero-order valence-electron chi connectivity index (χ0n) is 9.06. The van der Waals surface area contributed by atoms with Crippen LogP contribution in [0, 0.1) is 0 Å². The SMILES string of the molecule is CCNC(C)CCCCOCC(F)F. The third-order valence-corrected chi connectivity index (χ3v) is 1.97. The van der Waals surface area contributed by atoms with E-state index in [1.807, 2.05) is 0 Å². The molecule has 1 N–H and O–H groups in total. The number of nitrogens with one attached hydrogen (secondary N) is 1. The van der Waals surface area contributed by atoms with Crippen LogP contribution in [0.2, 0.25) is 0 Å². The Morgan fingerprint density at radius 2 is 2.00 bits per heavy atom. The largest absolute Gasteiger partial charge is 0.376 e. The van der Waals surface area contributed by atoms with E-state index in [0.717, 1.165) is 25.8 Å². The molecule has 2 nitrogen and oxygen atoms in total. The van der Waals surface area contributed by atoms with Crippen molar-refractivity contribution in [2.75, 3.05) is 19.8 Å². The molecule has 0 aliphatic carbocycles. The Balaban J connectivity index is 3.05. The fourth-order valence-corrected chi connectivity index (χ4v) is 1.28. The highest BCUT2D eigenvalue weighted by molar-refractivity contribution is 4.58. The van der Waals surface area contributed by atoms with Gasteiger partial charge in [-0.3, -0.25) is 0 Å². The van der Waals surface area contributed by atoms with Crippen LogP contribution in [0.4, 0.5) is 8.78 Å². The minimum absolute atomic E-state index is 0.428. The molecule has 0 spiro atoms. The molecule has 0 saturated heterocycles. The Bertz CT molecular complexity index is 123. The minimum atomic E-state index is -2.34. The van der Waals surface area contributed by atoms with Crippen LogP contribution in [-0.4, -0.2) is 32.2 Å². The van der Waals surface area contributed by atoms with Crippen molar-refractivity contribution in [2.24, 2.45) is 0 Å². The normalized spacial score (nSPS) is 13.5. The van der Waals surface area contributed by atoms with Gasteiger partial charge in [0.25, 0.3) is 6.43 Å². The van der Waals surface area contributed by atoms with Crippen LogP contribution in [0.5, 0.6) is 0 Å². The maximum absolute atomic E-state index is 11.6. The first-order valence-electron chi connectivity index (χ1n) is 5.26. The summed E-state index contributed by atoms with van der Waals surface area (Å²) in [5, 5.41) is 3.29. The molecule has 0 heterocycles. The highest BCUT2D eigenvalue weighted by Crippen LogP contribution is 2.01. The maximum Gasteiger partial charge on any atom is 0.261 e. The monoisotopic (exact) mass is 209 g/mol. The van der Waals surface area contributed by atoms with Gasteiger partial charge in [-0.15, -0.1) is 0 Å². The van der Waals surface area contributed by atoms with E-state index in [9.17, 15) is 8.78 Å². The zero-order chi connectivity index (χ0) is 10.8. The van der Waals surface area contributed by atoms with Crippen molar-refractivity contribution in [3.8, 4) is 0 Å². The summed E-state index contributed by atoms with van der Waals surface area (Å²) >= 11 is 0. The number of alkyl halides is 2. The first kappa shape index (κ1) is 13.8. The van der Waals surface area contributed by atoms with E-state index in [2.05, 4.69) is 19.2 Å². The van der Waals surface area contributed by atoms with Crippen molar-refractivity contribution in [3.05, 3.63) is 0 Å². The lowest BCUT2D eigenvalue weighted by Gasteiger charge is -2.11. The lowest BCUT2D eigenvalue weighted by molar-refractivity contribution is 0.0161. The van der Waals surface area contributed by atoms with E-state index in [1.54, 1.807) is 0 Å². The van der Waals surface area contributed by atoms with Crippen molar-refractivity contribution in [2.45, 2.75) is 45.6 Å². The van der Waals surface area contributed by atoms with Gasteiger partial charge in [0, 0.05) is 12.6 Å². The van der Waals surface area contributed by atoms with Crippen LogP contribution >= 0.6 is 0 Å². The van der Waals surface area contributed by atoms with E-state index in [1.165, 1.54) is 0 Å². The van der Waals surface area contributed by atoms with Crippen molar-refractivity contribution >= 4 is 0 Å². The molecule has 0 aromatic rings. The van der Waals surface area contributed by atoms with Crippen LogP contribution in [0.25, 0.3) is 0 Å². The smallest absolute Gasteiger partial charge is 0.261 e. The molecule has 0 bridgehead atoms. The number of halogens is 2. The van der Waals surface area contributed by atoms with Gasteiger partial charge in [0.15, 0.2) is 0 Å². The molecular weight excluding hydrogens is 188 g/mol. The number of ether oxygens (including phenoxy) is 1. The van der Waals surface area contributed by atoms with Crippen LogP contribution in [0.1, 0.15) is 33.1 Å². The van der Waals surface area contributed by atoms with Gasteiger partial charge < -0.3 is 10.1 Å². The molecule has 0 fully saturated rings. The molecule has 1 unspecified atom stereocenters. The summed E-state index contributed by atoms with van der Waals surface area (Å²) in [4.78, 5) is 0. The van der Waals surface area contributed by atoms with E-state index in [4.69, 9.17) is 4.74 Å². The Hall–Kier alpha value is -0.220. The Labute approximate surface area is 85.0 Å². The third-order valence-electron chi connectivity index (χ3n) is 1.97. The fraction of sp³-hybridized carbons (Fsp3) is 1.00. The van der Waals surface area contributed by atoms with E-state index >= 15 is 0 Å². The molecule has 0 amide bonds. The number of rotatable bonds is 9. The number of unbranched alkanes of at least 4 members (excludes halogenated alkanes) is 1. The lowest BCUT2D eigenvalue weighted by Crippen LogP contribution is -2.25. The molecule has 0 aromatic carbocycles.